The average Bonchev–Trinajstić information content (AvgIpc) is 2.23. The van der Waals surface area contributed by atoms with Gasteiger partial charge in [0.2, 0.25) is 0 Å². The molecule has 0 radical (unpaired) electrons. The van der Waals surface area contributed by atoms with Crippen LogP contribution in [0, 0.1) is 20.8 Å². The van der Waals surface area contributed by atoms with Crippen LogP contribution in [0.25, 0.3) is 0 Å². The van der Waals surface area contributed by atoms with Gasteiger partial charge in [0.05, 0.1) is 12.2 Å². The molecule has 0 amide bonds. The monoisotopic (exact) mass is 236 g/mol. The van der Waals surface area contributed by atoms with Crippen molar-refractivity contribution in [3.8, 4) is 0 Å². The van der Waals surface area contributed by atoms with E-state index in [2.05, 4.69) is 0 Å². The van der Waals surface area contributed by atoms with Gasteiger partial charge < -0.3 is 9.84 Å². The summed E-state index contributed by atoms with van der Waals surface area (Å²) in [7, 11) is 0. The van der Waals surface area contributed by atoms with Crippen LogP contribution in [0.4, 0.5) is 0 Å². The van der Waals surface area contributed by atoms with Gasteiger partial charge in [-0.05, 0) is 44.7 Å². The third-order valence-electron chi connectivity index (χ3n) is 2.67. The second-order valence-corrected chi connectivity index (χ2v) is 4.34. The molecule has 0 atom stereocenters. The number of aliphatic hydroxyl groups is 1. The van der Waals surface area contributed by atoms with E-state index in [1.54, 1.807) is 0 Å². The van der Waals surface area contributed by atoms with E-state index in [0.29, 0.717) is 25.0 Å². The molecule has 0 fully saturated rings. The smallest absolute Gasteiger partial charge is 0.338 e. The Morgan fingerprint density at radius 3 is 2.29 bits per heavy atom. The number of ether oxygens (including phenoxy) is 1. The molecular weight excluding hydrogens is 216 g/mol. The van der Waals surface area contributed by atoms with Gasteiger partial charge in [0.15, 0.2) is 0 Å². The number of benzene rings is 1. The summed E-state index contributed by atoms with van der Waals surface area (Å²) >= 11 is 0. The van der Waals surface area contributed by atoms with Crippen molar-refractivity contribution in [3.63, 3.8) is 0 Å². The molecule has 0 unspecified atom stereocenters. The van der Waals surface area contributed by atoms with Crippen LogP contribution in [-0.2, 0) is 4.74 Å². The molecule has 1 rings (SSSR count). The lowest BCUT2D eigenvalue weighted by atomic mass is 10.00. The van der Waals surface area contributed by atoms with Gasteiger partial charge in [0, 0.05) is 6.61 Å². The van der Waals surface area contributed by atoms with Crippen LogP contribution in [-0.4, -0.2) is 24.3 Å². The van der Waals surface area contributed by atoms with E-state index in [-0.39, 0.29) is 12.6 Å². The van der Waals surface area contributed by atoms with Gasteiger partial charge in [0.25, 0.3) is 0 Å². The fourth-order valence-corrected chi connectivity index (χ4v) is 1.95. The molecule has 0 saturated heterocycles. The van der Waals surface area contributed by atoms with Gasteiger partial charge in [-0.15, -0.1) is 0 Å². The summed E-state index contributed by atoms with van der Waals surface area (Å²) in [6.07, 6.45) is 1.37. The van der Waals surface area contributed by atoms with E-state index in [1.807, 2.05) is 32.9 Å². The summed E-state index contributed by atoms with van der Waals surface area (Å²) in [5.74, 6) is -0.266. The molecular formula is C14H20O3. The number of carbonyl (C=O) groups is 1. The lowest BCUT2D eigenvalue weighted by Crippen LogP contribution is -2.10. The van der Waals surface area contributed by atoms with Gasteiger partial charge in [-0.3, -0.25) is 0 Å². The first-order chi connectivity index (χ1) is 8.06. The molecule has 17 heavy (non-hydrogen) atoms. The highest BCUT2D eigenvalue weighted by Crippen LogP contribution is 2.17. The van der Waals surface area contributed by atoms with Gasteiger partial charge in [-0.1, -0.05) is 17.7 Å². The SMILES string of the molecule is Cc1cc(C)c(C(=O)OCCCCO)c(C)c1. The Morgan fingerprint density at radius 1 is 1.18 bits per heavy atom. The summed E-state index contributed by atoms with van der Waals surface area (Å²) in [6, 6.07) is 3.97. The van der Waals surface area contributed by atoms with Crippen molar-refractivity contribution in [1.29, 1.82) is 0 Å². The zero-order valence-corrected chi connectivity index (χ0v) is 10.7. The number of hydrogen-bond donors (Lipinski definition) is 1. The molecule has 0 spiro atoms. The predicted molar refractivity (Wildman–Crippen MR) is 67.3 cm³/mol. The van der Waals surface area contributed by atoms with E-state index < -0.39 is 0 Å². The maximum Gasteiger partial charge on any atom is 0.338 e. The van der Waals surface area contributed by atoms with Crippen LogP contribution in [0.1, 0.15) is 39.9 Å². The van der Waals surface area contributed by atoms with Crippen LogP contribution in [0.15, 0.2) is 12.1 Å². The van der Waals surface area contributed by atoms with Crippen LogP contribution >= 0.6 is 0 Å². The largest absolute Gasteiger partial charge is 0.462 e. The number of aryl methyl sites for hydroxylation is 3. The number of unbranched alkanes of at least 4 members (excludes halogenated alkanes) is 1. The molecule has 0 aliphatic heterocycles. The summed E-state index contributed by atoms with van der Waals surface area (Å²) in [5, 5.41) is 8.63. The number of aliphatic hydroxyl groups excluding tert-OH is 1. The van der Waals surface area contributed by atoms with Crippen molar-refractivity contribution in [2.24, 2.45) is 0 Å². The van der Waals surface area contributed by atoms with Crippen molar-refractivity contribution in [2.75, 3.05) is 13.2 Å². The molecule has 94 valence electrons. The van der Waals surface area contributed by atoms with Crippen LogP contribution in [0.5, 0.6) is 0 Å². The molecule has 1 aromatic rings. The lowest BCUT2D eigenvalue weighted by Gasteiger charge is -2.10. The minimum atomic E-state index is -0.266. The maximum atomic E-state index is 11.9. The Balaban J connectivity index is 2.69. The molecule has 0 aromatic heterocycles. The molecule has 0 bridgehead atoms. The molecule has 3 heteroatoms. The van der Waals surface area contributed by atoms with E-state index in [0.717, 1.165) is 16.7 Å². The average molecular weight is 236 g/mol. The van der Waals surface area contributed by atoms with Crippen LogP contribution < -0.4 is 0 Å². The van der Waals surface area contributed by atoms with E-state index >= 15 is 0 Å². The summed E-state index contributed by atoms with van der Waals surface area (Å²) < 4.78 is 5.18. The molecule has 3 nitrogen and oxygen atoms in total. The maximum absolute atomic E-state index is 11.9. The highest BCUT2D eigenvalue weighted by Gasteiger charge is 2.13. The summed E-state index contributed by atoms with van der Waals surface area (Å²) in [6.45, 7) is 6.36. The molecule has 1 aromatic carbocycles. The summed E-state index contributed by atoms with van der Waals surface area (Å²) in [5.41, 5.74) is 3.72. The van der Waals surface area contributed by atoms with Gasteiger partial charge in [-0.2, -0.15) is 0 Å². The predicted octanol–water partition coefficient (Wildman–Crippen LogP) is 2.54. The summed E-state index contributed by atoms with van der Waals surface area (Å²) in [4.78, 5) is 11.9. The topological polar surface area (TPSA) is 46.5 Å². The van der Waals surface area contributed by atoms with E-state index in [9.17, 15) is 4.79 Å². The van der Waals surface area contributed by atoms with Crippen molar-refractivity contribution in [3.05, 3.63) is 34.4 Å². The number of carbonyl (C=O) groups excluding carboxylic acids is 1. The van der Waals surface area contributed by atoms with E-state index in [4.69, 9.17) is 9.84 Å². The normalized spacial score (nSPS) is 10.4. The molecule has 0 aliphatic rings. The zero-order chi connectivity index (χ0) is 12.8. The quantitative estimate of drug-likeness (QED) is 0.631. The zero-order valence-electron chi connectivity index (χ0n) is 10.7. The van der Waals surface area contributed by atoms with Gasteiger partial charge in [0.1, 0.15) is 0 Å². The molecule has 1 N–H and O–H groups in total. The van der Waals surface area contributed by atoms with Gasteiger partial charge >= 0.3 is 5.97 Å². The molecule has 0 heterocycles. The van der Waals surface area contributed by atoms with Crippen LogP contribution in [0.2, 0.25) is 0 Å². The Bertz CT molecular complexity index is 373. The highest BCUT2D eigenvalue weighted by atomic mass is 16.5. The Morgan fingerprint density at radius 2 is 1.76 bits per heavy atom. The number of esters is 1. The third-order valence-corrected chi connectivity index (χ3v) is 2.67. The fourth-order valence-electron chi connectivity index (χ4n) is 1.95. The second kappa shape index (κ2) is 6.40. The first kappa shape index (κ1) is 13.7. The van der Waals surface area contributed by atoms with Crippen LogP contribution in [0.3, 0.4) is 0 Å². The number of hydrogen-bond acceptors (Lipinski definition) is 3. The molecule has 0 aliphatic carbocycles. The fraction of sp³-hybridized carbons (Fsp3) is 0.500. The van der Waals surface area contributed by atoms with Crippen molar-refractivity contribution < 1.29 is 14.6 Å². The molecule has 0 saturated carbocycles. The van der Waals surface area contributed by atoms with Crippen molar-refractivity contribution >= 4 is 5.97 Å². The Labute approximate surface area is 102 Å². The van der Waals surface area contributed by atoms with Gasteiger partial charge in [-0.25, -0.2) is 4.79 Å². The third kappa shape index (κ3) is 3.86. The standard InChI is InChI=1S/C14H20O3/c1-10-8-11(2)13(12(3)9-10)14(16)17-7-5-4-6-15/h8-9,15H,4-7H2,1-3H3. The van der Waals surface area contributed by atoms with E-state index in [1.165, 1.54) is 0 Å². The second-order valence-electron chi connectivity index (χ2n) is 4.34. The minimum Gasteiger partial charge on any atom is -0.462 e. The highest BCUT2D eigenvalue weighted by molar-refractivity contribution is 5.92. The number of rotatable bonds is 5. The Kier molecular flexibility index (Phi) is 5.16. The first-order valence-corrected chi connectivity index (χ1v) is 5.92. The first-order valence-electron chi connectivity index (χ1n) is 5.92. The lowest BCUT2D eigenvalue weighted by molar-refractivity contribution is 0.0491. The Hall–Kier alpha value is -1.35. The van der Waals surface area contributed by atoms with Crippen molar-refractivity contribution in [1.82, 2.24) is 0 Å². The van der Waals surface area contributed by atoms with Crippen molar-refractivity contribution in [2.45, 2.75) is 33.6 Å². The minimum absolute atomic E-state index is 0.139.